The summed E-state index contributed by atoms with van der Waals surface area (Å²) in [4.78, 5) is 27.1. The van der Waals surface area contributed by atoms with Gasteiger partial charge in [-0.25, -0.2) is 23.1 Å². The van der Waals surface area contributed by atoms with Crippen molar-refractivity contribution in [2.24, 2.45) is 5.92 Å². The average molecular weight is 411 g/mol. The topological polar surface area (TPSA) is 96.5 Å². The van der Waals surface area contributed by atoms with Gasteiger partial charge < -0.3 is 9.47 Å². The highest BCUT2D eigenvalue weighted by atomic mass is 19.3. The summed E-state index contributed by atoms with van der Waals surface area (Å²) in [5.41, 5.74) is -0.110. The first kappa shape index (κ1) is 20.9. The molecular weight excluding hydrogens is 388 g/mol. The third-order valence-electron chi connectivity index (χ3n) is 5.06. The summed E-state index contributed by atoms with van der Waals surface area (Å²) in [5.74, 6) is -2.45. The molecule has 1 saturated carbocycles. The maximum absolute atomic E-state index is 13.3. The summed E-state index contributed by atoms with van der Waals surface area (Å²) in [7, 11) is 0. The highest BCUT2D eigenvalue weighted by Gasteiger charge is 2.35. The van der Waals surface area contributed by atoms with Crippen molar-refractivity contribution in [2.45, 2.75) is 51.4 Å². The molecule has 1 heterocycles. The number of aromatic nitrogens is 2. The van der Waals surface area contributed by atoms with E-state index in [1.807, 2.05) is 6.92 Å². The number of carbonyl (C=O) groups is 1. The van der Waals surface area contributed by atoms with E-state index in [4.69, 9.17) is 9.47 Å². The molecular formula is C19H23F2N3O5. The number of hydrogen-bond donors (Lipinski definition) is 0. The quantitative estimate of drug-likeness (QED) is 0.364. The van der Waals surface area contributed by atoms with Gasteiger partial charge in [0, 0.05) is 18.9 Å². The number of nitrogens with zero attached hydrogens (tertiary/aromatic N) is 3. The summed E-state index contributed by atoms with van der Waals surface area (Å²) in [6.45, 7) is 2.35. The summed E-state index contributed by atoms with van der Waals surface area (Å²) in [5, 5.41) is 11.3. The zero-order chi connectivity index (χ0) is 21.0. The van der Waals surface area contributed by atoms with E-state index in [0.29, 0.717) is 19.3 Å². The van der Waals surface area contributed by atoms with Crippen LogP contribution in [-0.2, 0) is 4.74 Å². The average Bonchev–Trinajstić information content (AvgIpc) is 3.12. The van der Waals surface area contributed by atoms with Crippen molar-refractivity contribution in [3.05, 3.63) is 28.6 Å². The number of nitro benzene ring substituents is 1. The molecule has 0 aliphatic heterocycles. The largest absolute Gasteiger partial charge is 0.491 e. The molecule has 158 valence electrons. The molecule has 0 spiro atoms. The van der Waals surface area contributed by atoms with Crippen LogP contribution in [0.4, 0.5) is 19.3 Å². The van der Waals surface area contributed by atoms with Crippen LogP contribution < -0.4 is 4.74 Å². The maximum atomic E-state index is 13.3. The normalized spacial score (nSPS) is 16.7. The smallest absolute Gasteiger partial charge is 0.419 e. The van der Waals surface area contributed by atoms with Gasteiger partial charge in [0.1, 0.15) is 17.6 Å². The molecule has 1 fully saturated rings. The summed E-state index contributed by atoms with van der Waals surface area (Å²) >= 11 is 0. The maximum Gasteiger partial charge on any atom is 0.419 e. The van der Waals surface area contributed by atoms with Crippen LogP contribution in [-0.4, -0.2) is 39.7 Å². The van der Waals surface area contributed by atoms with Crippen LogP contribution in [0.25, 0.3) is 11.0 Å². The number of halogens is 2. The summed E-state index contributed by atoms with van der Waals surface area (Å²) in [6.07, 6.45) is 2.30. The number of nitro groups is 1. The Labute approximate surface area is 165 Å². The fourth-order valence-electron chi connectivity index (χ4n) is 3.33. The van der Waals surface area contributed by atoms with Crippen LogP contribution in [0, 0.1) is 16.0 Å². The molecule has 1 aromatic carbocycles. The monoisotopic (exact) mass is 411 g/mol. The van der Waals surface area contributed by atoms with Crippen LogP contribution in [0.1, 0.15) is 45.4 Å². The van der Waals surface area contributed by atoms with Gasteiger partial charge in [0.05, 0.1) is 18.1 Å². The van der Waals surface area contributed by atoms with Crippen molar-refractivity contribution in [2.75, 3.05) is 13.2 Å². The van der Waals surface area contributed by atoms with Gasteiger partial charge >= 0.3 is 6.09 Å². The molecule has 0 N–H and O–H groups in total. The Morgan fingerprint density at radius 3 is 2.76 bits per heavy atom. The molecule has 29 heavy (non-hydrogen) atoms. The molecule has 1 aliphatic rings. The molecule has 10 heteroatoms. The van der Waals surface area contributed by atoms with E-state index in [1.54, 1.807) is 0 Å². The van der Waals surface area contributed by atoms with Crippen molar-refractivity contribution in [3.63, 3.8) is 0 Å². The van der Waals surface area contributed by atoms with Gasteiger partial charge in [-0.05, 0) is 31.2 Å². The lowest BCUT2D eigenvalue weighted by molar-refractivity contribution is -0.383. The number of imidazole rings is 1. The second kappa shape index (κ2) is 8.71. The fraction of sp³-hybridized carbons (Fsp3) is 0.579. The highest BCUT2D eigenvalue weighted by Crippen LogP contribution is 2.37. The number of fused-ring (bicyclic) bond motifs is 1. The van der Waals surface area contributed by atoms with E-state index in [-0.39, 0.29) is 54.4 Å². The predicted octanol–water partition coefficient (Wildman–Crippen LogP) is 4.93. The molecule has 1 aliphatic carbocycles. The van der Waals surface area contributed by atoms with E-state index in [0.717, 1.165) is 11.0 Å². The third-order valence-corrected chi connectivity index (χ3v) is 5.06. The van der Waals surface area contributed by atoms with Crippen molar-refractivity contribution < 1.29 is 28.0 Å². The van der Waals surface area contributed by atoms with Crippen LogP contribution >= 0.6 is 0 Å². The Kier molecular flexibility index (Phi) is 6.29. The molecule has 0 radical (unpaired) electrons. The second-order valence-electron chi connectivity index (χ2n) is 7.23. The lowest BCUT2D eigenvalue weighted by Crippen LogP contribution is -2.27. The van der Waals surface area contributed by atoms with Crippen molar-refractivity contribution in [1.29, 1.82) is 0 Å². The second-order valence-corrected chi connectivity index (χ2v) is 7.23. The first-order valence-electron chi connectivity index (χ1n) is 9.64. The standard InChI is InChI=1S/C19H23F2N3O5/c1-2-3-10-28-18(25)23-12-22-16-14(24(26)27)4-5-15(17(16)23)29-11-13-6-8-19(20,21)9-7-13/h4-5,12-13H,2-3,6-11H2,1H3. The van der Waals surface area contributed by atoms with Crippen molar-refractivity contribution >= 4 is 22.8 Å². The van der Waals surface area contributed by atoms with Gasteiger partial charge in [0.15, 0.2) is 5.52 Å². The summed E-state index contributed by atoms with van der Waals surface area (Å²) in [6, 6.07) is 2.65. The van der Waals surface area contributed by atoms with E-state index in [2.05, 4.69) is 4.98 Å². The molecule has 0 unspecified atom stereocenters. The first-order chi connectivity index (χ1) is 13.8. The van der Waals surface area contributed by atoms with Gasteiger partial charge in [0.2, 0.25) is 5.92 Å². The summed E-state index contributed by atoms with van der Waals surface area (Å²) < 4.78 is 38.7. The molecule has 1 aromatic heterocycles. The van der Waals surface area contributed by atoms with E-state index in [9.17, 15) is 23.7 Å². The Balaban J connectivity index is 1.84. The van der Waals surface area contributed by atoms with E-state index >= 15 is 0 Å². The lowest BCUT2D eigenvalue weighted by atomic mass is 9.87. The number of ether oxygens (including phenoxy) is 2. The molecule has 0 saturated heterocycles. The minimum atomic E-state index is -2.63. The number of carbonyl (C=O) groups excluding carboxylic acids is 1. The van der Waals surface area contributed by atoms with Crippen LogP contribution in [0.15, 0.2) is 18.5 Å². The highest BCUT2D eigenvalue weighted by molar-refractivity contribution is 5.95. The SMILES string of the molecule is CCCCOC(=O)n1cnc2c([N+](=O)[O-])ccc(OCC3CCC(F)(F)CC3)c21. The number of unbranched alkanes of at least 4 members (excludes halogenated alkanes) is 1. The molecule has 0 bridgehead atoms. The zero-order valence-electron chi connectivity index (χ0n) is 16.1. The number of non-ortho nitro benzene ring substituents is 1. The molecule has 0 atom stereocenters. The van der Waals surface area contributed by atoms with Crippen LogP contribution in [0.2, 0.25) is 0 Å². The first-order valence-corrected chi connectivity index (χ1v) is 9.64. The van der Waals surface area contributed by atoms with E-state index < -0.39 is 16.9 Å². The number of rotatable bonds is 7. The number of alkyl halides is 2. The number of hydrogen-bond acceptors (Lipinski definition) is 6. The van der Waals surface area contributed by atoms with Gasteiger partial charge in [-0.3, -0.25) is 10.1 Å². The zero-order valence-corrected chi connectivity index (χ0v) is 16.1. The van der Waals surface area contributed by atoms with Gasteiger partial charge in [0.25, 0.3) is 5.69 Å². The van der Waals surface area contributed by atoms with E-state index in [1.165, 1.54) is 18.5 Å². The van der Waals surface area contributed by atoms with Crippen LogP contribution in [0.5, 0.6) is 5.75 Å². The lowest BCUT2D eigenvalue weighted by Gasteiger charge is -2.28. The molecule has 8 nitrogen and oxygen atoms in total. The Morgan fingerprint density at radius 2 is 2.10 bits per heavy atom. The number of benzene rings is 1. The molecule has 3 rings (SSSR count). The Bertz CT molecular complexity index is 889. The minimum Gasteiger partial charge on any atom is -0.491 e. The molecule has 2 aromatic rings. The van der Waals surface area contributed by atoms with Crippen molar-refractivity contribution in [3.8, 4) is 5.75 Å². The molecule has 0 amide bonds. The fourth-order valence-corrected chi connectivity index (χ4v) is 3.33. The minimum absolute atomic E-state index is 0.00937. The van der Waals surface area contributed by atoms with Crippen molar-refractivity contribution in [1.82, 2.24) is 9.55 Å². The predicted molar refractivity (Wildman–Crippen MR) is 100 cm³/mol. The van der Waals surface area contributed by atoms with Gasteiger partial charge in [-0.15, -0.1) is 0 Å². The van der Waals surface area contributed by atoms with Crippen LogP contribution in [0.3, 0.4) is 0 Å². The third kappa shape index (κ3) is 4.80. The Morgan fingerprint density at radius 1 is 1.38 bits per heavy atom. The van der Waals surface area contributed by atoms with Gasteiger partial charge in [-0.1, -0.05) is 13.3 Å². The Hall–Kier alpha value is -2.78. The van der Waals surface area contributed by atoms with Gasteiger partial charge in [-0.2, -0.15) is 0 Å².